The van der Waals surface area contributed by atoms with E-state index < -0.39 is 0 Å². The van der Waals surface area contributed by atoms with E-state index in [9.17, 15) is 0 Å². The summed E-state index contributed by atoms with van der Waals surface area (Å²) in [7, 11) is 0. The van der Waals surface area contributed by atoms with Gasteiger partial charge in [0.15, 0.2) is 0 Å². The summed E-state index contributed by atoms with van der Waals surface area (Å²) < 4.78 is 0. The molecular formula is C8H9+. The van der Waals surface area contributed by atoms with Crippen LogP contribution in [0.1, 0.15) is 11.1 Å². The molecule has 0 atom stereocenters. The predicted molar refractivity (Wildman–Crippen MR) is 35.6 cm³/mol. The number of aryl methyl sites for hydroxylation is 1. The van der Waals surface area contributed by atoms with Crippen LogP contribution >= 0.6 is 0 Å². The van der Waals surface area contributed by atoms with Crippen LogP contribution in [0.25, 0.3) is 0 Å². The minimum absolute atomic E-state index is 1.08. The van der Waals surface area contributed by atoms with Crippen LogP contribution in [0, 0.1) is 13.8 Å². The summed E-state index contributed by atoms with van der Waals surface area (Å²) in [5, 5.41) is 0. The molecule has 0 aliphatic rings. The fraction of sp³-hybridized carbons (Fsp3) is 0.125. The van der Waals surface area contributed by atoms with Crippen molar-refractivity contribution in [2.24, 2.45) is 0 Å². The van der Waals surface area contributed by atoms with Crippen molar-refractivity contribution in [2.45, 2.75) is 6.92 Å². The first kappa shape index (κ1) is 5.23. The third kappa shape index (κ3) is 1.03. The monoisotopic (exact) mass is 105 g/mol. The number of rotatable bonds is 0. The summed E-state index contributed by atoms with van der Waals surface area (Å²) in [6, 6.07) is 8.13. The first-order valence-electron chi connectivity index (χ1n) is 2.67. The quantitative estimate of drug-likeness (QED) is 0.443. The topological polar surface area (TPSA) is 0 Å². The van der Waals surface area contributed by atoms with Gasteiger partial charge in [-0.2, -0.15) is 0 Å². The van der Waals surface area contributed by atoms with E-state index in [1.54, 1.807) is 0 Å². The SMILES string of the molecule is [CH2+]c1ccc(C)cc1. The summed E-state index contributed by atoms with van der Waals surface area (Å²) in [6.07, 6.45) is 0. The molecule has 1 aromatic carbocycles. The highest BCUT2D eigenvalue weighted by Crippen LogP contribution is 1.99. The van der Waals surface area contributed by atoms with Crippen LogP contribution < -0.4 is 0 Å². The van der Waals surface area contributed by atoms with Crippen molar-refractivity contribution >= 4 is 0 Å². The van der Waals surface area contributed by atoms with Gasteiger partial charge >= 0.3 is 0 Å². The molecule has 0 aliphatic carbocycles. The standard InChI is InChI=1S/C8H9/c1-7-3-5-8(2)6-4-7/h3-6H,1H2,2H3/q+1. The van der Waals surface area contributed by atoms with Gasteiger partial charge in [-0.3, -0.25) is 0 Å². The largest absolute Gasteiger partial charge is 0.126 e. The third-order valence-electron chi connectivity index (χ3n) is 1.12. The van der Waals surface area contributed by atoms with Crippen LogP contribution in [0.15, 0.2) is 24.3 Å². The fourth-order valence-electron chi connectivity index (χ4n) is 0.588. The molecule has 0 spiro atoms. The van der Waals surface area contributed by atoms with E-state index in [2.05, 4.69) is 26.0 Å². The van der Waals surface area contributed by atoms with Gasteiger partial charge in [0, 0.05) is 19.1 Å². The summed E-state index contributed by atoms with van der Waals surface area (Å²) in [4.78, 5) is 0. The molecule has 0 nitrogen and oxygen atoms in total. The molecule has 1 rings (SSSR count). The maximum Gasteiger partial charge on any atom is 0.126 e. The average molecular weight is 105 g/mol. The summed E-state index contributed by atoms with van der Waals surface area (Å²) in [5.74, 6) is 0. The van der Waals surface area contributed by atoms with Gasteiger partial charge in [0.1, 0.15) is 5.56 Å². The van der Waals surface area contributed by atoms with Crippen molar-refractivity contribution in [3.05, 3.63) is 42.3 Å². The average Bonchev–Trinajstić information content (AvgIpc) is 1.77. The Hall–Kier alpha value is -0.910. The number of benzene rings is 1. The highest BCUT2D eigenvalue weighted by molar-refractivity contribution is 5.22. The van der Waals surface area contributed by atoms with Gasteiger partial charge in [0.05, 0.1) is 0 Å². The molecule has 0 radical (unpaired) electrons. The molecule has 1 aromatic rings. The smallest absolute Gasteiger partial charge is 0.0374 e. The van der Waals surface area contributed by atoms with E-state index >= 15 is 0 Å². The zero-order valence-corrected chi connectivity index (χ0v) is 5.02. The molecule has 0 N–H and O–H groups in total. The Morgan fingerprint density at radius 1 is 1.12 bits per heavy atom. The minimum Gasteiger partial charge on any atom is -0.0374 e. The zero-order chi connectivity index (χ0) is 5.98. The summed E-state index contributed by atoms with van der Waals surface area (Å²) in [6.45, 7) is 5.83. The fourth-order valence-corrected chi connectivity index (χ4v) is 0.588. The van der Waals surface area contributed by atoms with Crippen molar-refractivity contribution in [3.63, 3.8) is 0 Å². The Labute approximate surface area is 50.2 Å². The first-order valence-corrected chi connectivity index (χ1v) is 2.67. The molecule has 0 heteroatoms. The van der Waals surface area contributed by atoms with Gasteiger partial charge in [-0.25, -0.2) is 0 Å². The normalized spacial score (nSPS) is 9.12. The van der Waals surface area contributed by atoms with Crippen LogP contribution in [0.3, 0.4) is 0 Å². The Kier molecular flexibility index (Phi) is 1.25. The second-order valence-corrected chi connectivity index (χ2v) is 1.99. The lowest BCUT2D eigenvalue weighted by molar-refractivity contribution is 1.45. The Morgan fingerprint density at radius 3 is 2.00 bits per heavy atom. The van der Waals surface area contributed by atoms with Crippen molar-refractivity contribution < 1.29 is 0 Å². The van der Waals surface area contributed by atoms with E-state index in [-0.39, 0.29) is 0 Å². The van der Waals surface area contributed by atoms with Crippen LogP contribution in [0.5, 0.6) is 0 Å². The van der Waals surface area contributed by atoms with E-state index in [0.717, 1.165) is 5.56 Å². The van der Waals surface area contributed by atoms with Crippen molar-refractivity contribution in [3.8, 4) is 0 Å². The van der Waals surface area contributed by atoms with E-state index in [1.807, 2.05) is 12.1 Å². The second-order valence-electron chi connectivity index (χ2n) is 1.99. The molecule has 40 valence electrons. The zero-order valence-electron chi connectivity index (χ0n) is 5.02. The highest BCUT2D eigenvalue weighted by Gasteiger charge is 1.88. The molecule has 0 saturated carbocycles. The van der Waals surface area contributed by atoms with Crippen LogP contribution in [0.4, 0.5) is 0 Å². The van der Waals surface area contributed by atoms with Gasteiger partial charge in [-0.15, -0.1) is 0 Å². The van der Waals surface area contributed by atoms with Gasteiger partial charge in [-0.05, 0) is 24.6 Å². The first-order chi connectivity index (χ1) is 3.79. The molecule has 0 fully saturated rings. The van der Waals surface area contributed by atoms with Crippen molar-refractivity contribution in [1.82, 2.24) is 0 Å². The molecule has 0 unspecified atom stereocenters. The lowest BCUT2D eigenvalue weighted by Gasteiger charge is -1.82. The number of hydrogen-bond donors (Lipinski definition) is 0. The van der Waals surface area contributed by atoms with Crippen LogP contribution in [0.2, 0.25) is 0 Å². The maximum atomic E-state index is 3.76. The molecular weight excluding hydrogens is 96.1 g/mol. The lowest BCUT2D eigenvalue weighted by atomic mass is 10.2. The van der Waals surface area contributed by atoms with Gasteiger partial charge in [0.25, 0.3) is 0 Å². The van der Waals surface area contributed by atoms with Crippen molar-refractivity contribution in [1.29, 1.82) is 0 Å². The van der Waals surface area contributed by atoms with Crippen LogP contribution in [-0.2, 0) is 0 Å². The predicted octanol–water partition coefficient (Wildman–Crippen LogP) is 2.18. The van der Waals surface area contributed by atoms with Gasteiger partial charge in [0.2, 0.25) is 0 Å². The lowest BCUT2D eigenvalue weighted by Crippen LogP contribution is -1.70. The highest BCUT2D eigenvalue weighted by atomic mass is 13.9. The Bertz CT molecular complexity index is 139. The second kappa shape index (κ2) is 1.91. The van der Waals surface area contributed by atoms with E-state index in [0.29, 0.717) is 0 Å². The molecule has 0 bridgehead atoms. The summed E-state index contributed by atoms with van der Waals surface area (Å²) in [5.41, 5.74) is 2.37. The molecule has 8 heavy (non-hydrogen) atoms. The maximum absolute atomic E-state index is 3.76. The van der Waals surface area contributed by atoms with Gasteiger partial charge in [-0.1, -0.05) is 0 Å². The van der Waals surface area contributed by atoms with Crippen molar-refractivity contribution in [2.75, 3.05) is 0 Å². The summed E-state index contributed by atoms with van der Waals surface area (Å²) >= 11 is 0. The molecule has 0 heterocycles. The molecule has 0 saturated heterocycles. The third-order valence-corrected chi connectivity index (χ3v) is 1.12. The van der Waals surface area contributed by atoms with E-state index in [4.69, 9.17) is 0 Å². The molecule has 0 aliphatic heterocycles. The number of hydrogen-bond acceptors (Lipinski definition) is 0. The van der Waals surface area contributed by atoms with E-state index in [1.165, 1.54) is 5.56 Å². The Morgan fingerprint density at radius 2 is 1.62 bits per heavy atom. The Balaban J connectivity index is 3.03. The minimum atomic E-state index is 1.08. The molecule has 0 aromatic heterocycles. The molecule has 0 amide bonds. The van der Waals surface area contributed by atoms with Crippen LogP contribution in [-0.4, -0.2) is 0 Å². The van der Waals surface area contributed by atoms with Gasteiger partial charge < -0.3 is 0 Å².